The average molecular weight is 228 g/mol. The van der Waals surface area contributed by atoms with Gasteiger partial charge >= 0.3 is 0 Å². The molecule has 0 heterocycles. The topological polar surface area (TPSA) is 43.1 Å². The minimum atomic E-state index is -0.315. The van der Waals surface area contributed by atoms with Crippen LogP contribution >= 0.6 is 11.6 Å². The SMILES string of the molecule is CCCCC1C=C/C(=C\Cl)C=C1[N+](=O)[O-]. The summed E-state index contributed by atoms with van der Waals surface area (Å²) in [6, 6.07) is 0. The number of nitrogens with zero attached hydrogens (tertiary/aromatic N) is 1. The molecule has 0 aromatic rings. The summed E-state index contributed by atoms with van der Waals surface area (Å²) in [5.74, 6) is -0.0692. The highest BCUT2D eigenvalue weighted by molar-refractivity contribution is 6.26. The van der Waals surface area contributed by atoms with E-state index in [1.54, 1.807) is 6.08 Å². The molecule has 0 fully saturated rings. The molecule has 0 saturated carbocycles. The van der Waals surface area contributed by atoms with Gasteiger partial charge in [-0.3, -0.25) is 10.1 Å². The van der Waals surface area contributed by atoms with Crippen molar-refractivity contribution in [3.05, 3.63) is 45.1 Å². The molecule has 4 heteroatoms. The van der Waals surface area contributed by atoms with Crippen LogP contribution in [0.3, 0.4) is 0 Å². The van der Waals surface area contributed by atoms with E-state index in [9.17, 15) is 10.1 Å². The smallest absolute Gasteiger partial charge is 0.253 e. The number of halogens is 1. The highest BCUT2D eigenvalue weighted by Gasteiger charge is 2.24. The lowest BCUT2D eigenvalue weighted by Gasteiger charge is -2.13. The van der Waals surface area contributed by atoms with Gasteiger partial charge in [-0.05, 0) is 12.0 Å². The Kier molecular flexibility index (Phi) is 4.56. The Labute approximate surface area is 94.3 Å². The van der Waals surface area contributed by atoms with Gasteiger partial charge in [0.2, 0.25) is 0 Å². The molecule has 3 nitrogen and oxygen atoms in total. The minimum Gasteiger partial charge on any atom is -0.259 e. The lowest BCUT2D eigenvalue weighted by atomic mass is 9.92. The Balaban J connectivity index is 2.81. The van der Waals surface area contributed by atoms with E-state index in [2.05, 4.69) is 6.92 Å². The van der Waals surface area contributed by atoms with E-state index < -0.39 is 0 Å². The van der Waals surface area contributed by atoms with Crippen molar-refractivity contribution in [1.29, 1.82) is 0 Å². The van der Waals surface area contributed by atoms with Crippen molar-refractivity contribution in [3.63, 3.8) is 0 Å². The van der Waals surface area contributed by atoms with Crippen molar-refractivity contribution >= 4 is 11.6 Å². The summed E-state index contributed by atoms with van der Waals surface area (Å²) in [6.45, 7) is 2.08. The maximum absolute atomic E-state index is 10.8. The molecule has 1 unspecified atom stereocenters. The van der Waals surface area contributed by atoms with Gasteiger partial charge in [0.25, 0.3) is 5.70 Å². The van der Waals surface area contributed by atoms with Crippen LogP contribution in [0, 0.1) is 16.0 Å². The van der Waals surface area contributed by atoms with Crippen LogP contribution in [0.1, 0.15) is 26.2 Å². The Morgan fingerprint density at radius 2 is 2.40 bits per heavy atom. The Bertz CT molecular complexity index is 331. The van der Waals surface area contributed by atoms with Crippen molar-refractivity contribution in [1.82, 2.24) is 0 Å². The van der Waals surface area contributed by atoms with E-state index >= 15 is 0 Å². The highest BCUT2D eigenvalue weighted by Crippen LogP contribution is 2.26. The third kappa shape index (κ3) is 3.20. The Morgan fingerprint density at radius 1 is 1.67 bits per heavy atom. The molecular formula is C11H14ClNO2. The summed E-state index contributed by atoms with van der Waals surface area (Å²) in [4.78, 5) is 10.5. The van der Waals surface area contributed by atoms with Crippen LogP contribution in [-0.2, 0) is 0 Å². The highest BCUT2D eigenvalue weighted by atomic mass is 35.5. The molecule has 15 heavy (non-hydrogen) atoms. The quantitative estimate of drug-likeness (QED) is 0.544. The summed E-state index contributed by atoms with van der Waals surface area (Å²) in [7, 11) is 0. The van der Waals surface area contributed by atoms with E-state index in [-0.39, 0.29) is 16.5 Å². The predicted molar refractivity (Wildman–Crippen MR) is 61.2 cm³/mol. The molecule has 1 aliphatic rings. The second kappa shape index (κ2) is 5.71. The van der Waals surface area contributed by atoms with Gasteiger partial charge in [0.05, 0.1) is 10.8 Å². The van der Waals surface area contributed by atoms with Crippen molar-refractivity contribution in [2.75, 3.05) is 0 Å². The lowest BCUT2D eigenvalue weighted by molar-refractivity contribution is -0.432. The van der Waals surface area contributed by atoms with Crippen LogP contribution in [-0.4, -0.2) is 4.92 Å². The molecule has 0 aliphatic heterocycles. The molecular weight excluding hydrogens is 214 g/mol. The standard InChI is InChI=1S/C11H14ClNO2/c1-2-3-4-10-6-5-9(8-12)7-11(10)13(14)15/h5-8,10H,2-4H2,1H3/b9-8+. The molecule has 1 atom stereocenters. The Morgan fingerprint density at radius 3 is 2.93 bits per heavy atom. The maximum Gasteiger partial charge on any atom is 0.253 e. The monoisotopic (exact) mass is 227 g/mol. The zero-order valence-corrected chi connectivity index (χ0v) is 9.41. The molecule has 0 amide bonds. The van der Waals surface area contributed by atoms with Crippen molar-refractivity contribution in [2.45, 2.75) is 26.2 Å². The van der Waals surface area contributed by atoms with Gasteiger partial charge in [0.1, 0.15) is 0 Å². The van der Waals surface area contributed by atoms with E-state index in [4.69, 9.17) is 11.6 Å². The summed E-state index contributed by atoms with van der Waals surface area (Å²) < 4.78 is 0. The Hall–Kier alpha value is -1.09. The molecule has 0 aromatic heterocycles. The van der Waals surface area contributed by atoms with Crippen LogP contribution in [0.25, 0.3) is 0 Å². The number of rotatable bonds is 4. The molecule has 0 N–H and O–H groups in total. The number of hydrogen-bond acceptors (Lipinski definition) is 2. The van der Waals surface area contributed by atoms with Crippen LogP contribution in [0.5, 0.6) is 0 Å². The molecule has 82 valence electrons. The molecule has 0 bridgehead atoms. The maximum atomic E-state index is 10.8. The summed E-state index contributed by atoms with van der Waals surface area (Å²) in [5.41, 5.74) is 2.30. The van der Waals surface area contributed by atoms with Crippen LogP contribution in [0.4, 0.5) is 0 Å². The first-order valence-corrected chi connectivity index (χ1v) is 5.47. The van der Waals surface area contributed by atoms with Gasteiger partial charge in [-0.2, -0.15) is 0 Å². The number of unbranched alkanes of at least 4 members (excludes halogenated alkanes) is 1. The average Bonchev–Trinajstić information content (AvgIpc) is 2.26. The van der Waals surface area contributed by atoms with Crippen molar-refractivity contribution in [3.8, 4) is 0 Å². The summed E-state index contributed by atoms with van der Waals surface area (Å²) in [6.07, 6.45) is 8.12. The van der Waals surface area contributed by atoms with E-state index in [1.807, 2.05) is 12.2 Å². The van der Waals surface area contributed by atoms with E-state index in [0.717, 1.165) is 19.3 Å². The van der Waals surface area contributed by atoms with Gasteiger partial charge < -0.3 is 0 Å². The first-order valence-electron chi connectivity index (χ1n) is 5.03. The summed E-state index contributed by atoms with van der Waals surface area (Å²) >= 11 is 5.52. The summed E-state index contributed by atoms with van der Waals surface area (Å²) in [5, 5.41) is 10.8. The third-order valence-electron chi connectivity index (χ3n) is 2.42. The molecule has 0 saturated heterocycles. The second-order valence-electron chi connectivity index (χ2n) is 3.54. The van der Waals surface area contributed by atoms with Crippen molar-refractivity contribution < 1.29 is 4.92 Å². The lowest BCUT2D eigenvalue weighted by Crippen LogP contribution is -2.12. The van der Waals surface area contributed by atoms with Gasteiger partial charge in [-0.1, -0.05) is 43.5 Å². The fraction of sp³-hybridized carbons (Fsp3) is 0.455. The first kappa shape index (κ1) is 12.0. The van der Waals surface area contributed by atoms with Crippen LogP contribution in [0.2, 0.25) is 0 Å². The number of allylic oxidation sites excluding steroid dienone is 4. The minimum absolute atomic E-state index is 0.0692. The normalized spacial score (nSPS) is 22.9. The zero-order valence-electron chi connectivity index (χ0n) is 8.65. The van der Waals surface area contributed by atoms with E-state index in [0.29, 0.717) is 5.57 Å². The molecule has 0 aromatic carbocycles. The van der Waals surface area contributed by atoms with Crippen LogP contribution in [0.15, 0.2) is 35.0 Å². The predicted octanol–water partition coefficient (Wildman–Crippen LogP) is 3.65. The fourth-order valence-electron chi connectivity index (χ4n) is 1.58. The number of nitro groups is 1. The second-order valence-corrected chi connectivity index (χ2v) is 3.76. The molecule has 1 rings (SSSR count). The molecule has 0 spiro atoms. The largest absolute Gasteiger partial charge is 0.259 e. The van der Waals surface area contributed by atoms with Crippen molar-refractivity contribution in [2.24, 2.45) is 5.92 Å². The fourth-order valence-corrected chi connectivity index (χ4v) is 1.71. The number of hydrogen-bond donors (Lipinski definition) is 0. The molecule has 0 radical (unpaired) electrons. The van der Waals surface area contributed by atoms with E-state index in [1.165, 1.54) is 5.54 Å². The molecule has 1 aliphatic carbocycles. The van der Waals surface area contributed by atoms with Gasteiger partial charge in [-0.15, -0.1) is 0 Å². The van der Waals surface area contributed by atoms with Gasteiger partial charge in [0, 0.05) is 11.6 Å². The third-order valence-corrected chi connectivity index (χ3v) is 2.67. The van der Waals surface area contributed by atoms with Gasteiger partial charge in [-0.25, -0.2) is 0 Å². The van der Waals surface area contributed by atoms with Gasteiger partial charge in [0.15, 0.2) is 0 Å². The first-order chi connectivity index (χ1) is 7.19. The zero-order chi connectivity index (χ0) is 11.3. The van der Waals surface area contributed by atoms with Crippen LogP contribution < -0.4 is 0 Å².